The SMILES string of the molecule is COc1ccccc1C(N)Cc1csc2ccccc12. The van der Waals surface area contributed by atoms with E-state index in [1.54, 1.807) is 18.4 Å². The third-order valence-electron chi connectivity index (χ3n) is 3.54. The Bertz CT molecular complexity index is 720. The minimum Gasteiger partial charge on any atom is -0.496 e. The van der Waals surface area contributed by atoms with Gasteiger partial charge in [-0.1, -0.05) is 36.4 Å². The van der Waals surface area contributed by atoms with Crippen LogP contribution in [0, 0.1) is 0 Å². The topological polar surface area (TPSA) is 35.2 Å². The number of hydrogen-bond donors (Lipinski definition) is 1. The van der Waals surface area contributed by atoms with Crippen molar-refractivity contribution in [3.05, 3.63) is 65.0 Å². The van der Waals surface area contributed by atoms with Crippen molar-refractivity contribution in [2.75, 3.05) is 7.11 Å². The van der Waals surface area contributed by atoms with E-state index in [0.717, 1.165) is 17.7 Å². The molecule has 102 valence electrons. The summed E-state index contributed by atoms with van der Waals surface area (Å²) in [5.41, 5.74) is 8.75. The molecule has 2 aromatic carbocycles. The number of benzene rings is 2. The molecule has 0 fully saturated rings. The number of para-hydroxylation sites is 1. The van der Waals surface area contributed by atoms with Gasteiger partial charge < -0.3 is 10.5 Å². The highest BCUT2D eigenvalue weighted by atomic mass is 32.1. The molecule has 0 aliphatic rings. The molecule has 3 heteroatoms. The molecule has 1 atom stereocenters. The van der Waals surface area contributed by atoms with Crippen molar-refractivity contribution < 1.29 is 4.74 Å². The van der Waals surface area contributed by atoms with Crippen LogP contribution < -0.4 is 10.5 Å². The molecule has 0 radical (unpaired) electrons. The highest BCUT2D eigenvalue weighted by Crippen LogP contribution is 2.31. The average molecular weight is 283 g/mol. The van der Waals surface area contributed by atoms with E-state index in [4.69, 9.17) is 10.5 Å². The number of methoxy groups -OCH3 is 1. The fourth-order valence-corrected chi connectivity index (χ4v) is 3.49. The van der Waals surface area contributed by atoms with Crippen molar-refractivity contribution in [2.45, 2.75) is 12.5 Å². The van der Waals surface area contributed by atoms with Crippen molar-refractivity contribution in [3.63, 3.8) is 0 Å². The Morgan fingerprint density at radius 3 is 2.70 bits per heavy atom. The van der Waals surface area contributed by atoms with Gasteiger partial charge in [-0.05, 0) is 34.9 Å². The van der Waals surface area contributed by atoms with Crippen LogP contribution >= 0.6 is 11.3 Å². The molecule has 0 aliphatic carbocycles. The quantitative estimate of drug-likeness (QED) is 0.780. The predicted molar refractivity (Wildman–Crippen MR) is 85.5 cm³/mol. The Morgan fingerprint density at radius 2 is 1.85 bits per heavy atom. The highest BCUT2D eigenvalue weighted by molar-refractivity contribution is 7.17. The molecular weight excluding hydrogens is 266 g/mol. The van der Waals surface area contributed by atoms with Crippen LogP contribution in [-0.2, 0) is 6.42 Å². The van der Waals surface area contributed by atoms with E-state index < -0.39 is 0 Å². The fraction of sp³-hybridized carbons (Fsp3) is 0.176. The number of fused-ring (bicyclic) bond motifs is 1. The van der Waals surface area contributed by atoms with Gasteiger partial charge in [-0.25, -0.2) is 0 Å². The van der Waals surface area contributed by atoms with Crippen molar-refractivity contribution in [1.29, 1.82) is 0 Å². The van der Waals surface area contributed by atoms with Crippen LogP contribution in [0.2, 0.25) is 0 Å². The zero-order valence-electron chi connectivity index (χ0n) is 11.4. The lowest BCUT2D eigenvalue weighted by Gasteiger charge is -2.15. The molecule has 1 heterocycles. The molecular formula is C17H17NOS. The third-order valence-corrected chi connectivity index (χ3v) is 4.55. The van der Waals surface area contributed by atoms with Crippen LogP contribution in [0.1, 0.15) is 17.2 Å². The minimum absolute atomic E-state index is 0.0517. The summed E-state index contributed by atoms with van der Waals surface area (Å²) in [6.45, 7) is 0. The summed E-state index contributed by atoms with van der Waals surface area (Å²) >= 11 is 1.77. The Kier molecular flexibility index (Phi) is 3.72. The van der Waals surface area contributed by atoms with Gasteiger partial charge in [-0.2, -0.15) is 0 Å². The zero-order chi connectivity index (χ0) is 13.9. The molecule has 0 saturated heterocycles. The van der Waals surface area contributed by atoms with E-state index in [2.05, 4.69) is 29.6 Å². The van der Waals surface area contributed by atoms with Gasteiger partial charge >= 0.3 is 0 Å². The smallest absolute Gasteiger partial charge is 0.123 e. The summed E-state index contributed by atoms with van der Waals surface area (Å²) in [6.07, 6.45) is 0.824. The van der Waals surface area contributed by atoms with Crippen molar-refractivity contribution in [1.82, 2.24) is 0 Å². The number of ether oxygens (including phenoxy) is 1. The van der Waals surface area contributed by atoms with Gasteiger partial charge in [0.15, 0.2) is 0 Å². The second-order valence-electron chi connectivity index (χ2n) is 4.81. The first-order valence-corrected chi connectivity index (χ1v) is 7.51. The number of rotatable bonds is 4. The van der Waals surface area contributed by atoms with Gasteiger partial charge in [0.25, 0.3) is 0 Å². The summed E-state index contributed by atoms with van der Waals surface area (Å²) in [5.74, 6) is 0.861. The minimum atomic E-state index is -0.0517. The largest absolute Gasteiger partial charge is 0.496 e. The Hall–Kier alpha value is -1.84. The molecule has 0 amide bonds. The second kappa shape index (κ2) is 5.65. The molecule has 1 aromatic heterocycles. The van der Waals surface area contributed by atoms with Gasteiger partial charge in [0.1, 0.15) is 5.75 Å². The summed E-state index contributed by atoms with van der Waals surface area (Å²) in [7, 11) is 1.69. The van der Waals surface area contributed by atoms with Gasteiger partial charge in [0.05, 0.1) is 7.11 Å². The maximum Gasteiger partial charge on any atom is 0.123 e. The van der Waals surface area contributed by atoms with Gasteiger partial charge in [0, 0.05) is 16.3 Å². The van der Waals surface area contributed by atoms with E-state index in [1.165, 1.54) is 15.6 Å². The predicted octanol–water partition coefficient (Wildman–Crippen LogP) is 4.15. The van der Waals surface area contributed by atoms with Crippen LogP contribution in [0.4, 0.5) is 0 Å². The number of thiophene rings is 1. The molecule has 1 unspecified atom stereocenters. The van der Waals surface area contributed by atoms with E-state index in [0.29, 0.717) is 0 Å². The maximum absolute atomic E-state index is 6.38. The normalized spacial score (nSPS) is 12.5. The standard InChI is InChI=1S/C17H17NOS/c1-19-16-8-4-2-7-14(16)15(18)10-12-11-20-17-9-5-3-6-13(12)17/h2-9,11,15H,10,18H2,1H3. The highest BCUT2D eigenvalue weighted by Gasteiger charge is 2.14. The van der Waals surface area contributed by atoms with Crippen LogP contribution in [0.25, 0.3) is 10.1 Å². The van der Waals surface area contributed by atoms with Crippen LogP contribution in [0.5, 0.6) is 5.75 Å². The first-order valence-electron chi connectivity index (χ1n) is 6.63. The first-order chi connectivity index (χ1) is 9.79. The van der Waals surface area contributed by atoms with Crippen molar-refractivity contribution in [3.8, 4) is 5.75 Å². The first kappa shape index (κ1) is 13.2. The van der Waals surface area contributed by atoms with Crippen molar-refractivity contribution >= 4 is 21.4 Å². The molecule has 0 spiro atoms. The van der Waals surface area contributed by atoms with Gasteiger partial charge in [-0.15, -0.1) is 11.3 Å². The lowest BCUT2D eigenvalue weighted by Crippen LogP contribution is -2.14. The lowest BCUT2D eigenvalue weighted by molar-refractivity contribution is 0.405. The Labute approximate surface area is 122 Å². The monoisotopic (exact) mass is 283 g/mol. The fourth-order valence-electron chi connectivity index (χ4n) is 2.51. The van der Waals surface area contributed by atoms with E-state index in [1.807, 2.05) is 24.3 Å². The molecule has 3 aromatic rings. The maximum atomic E-state index is 6.38. The van der Waals surface area contributed by atoms with Gasteiger partial charge in [0.2, 0.25) is 0 Å². The third kappa shape index (κ3) is 2.42. The van der Waals surface area contributed by atoms with Crippen molar-refractivity contribution in [2.24, 2.45) is 5.73 Å². The Morgan fingerprint density at radius 1 is 1.10 bits per heavy atom. The zero-order valence-corrected chi connectivity index (χ0v) is 12.2. The number of nitrogens with two attached hydrogens (primary N) is 1. The Balaban J connectivity index is 1.90. The summed E-state index contributed by atoms with van der Waals surface area (Å²) in [6, 6.07) is 16.4. The summed E-state index contributed by atoms with van der Waals surface area (Å²) in [5, 5.41) is 3.52. The summed E-state index contributed by atoms with van der Waals surface area (Å²) < 4.78 is 6.71. The van der Waals surface area contributed by atoms with Crippen LogP contribution in [0.3, 0.4) is 0 Å². The van der Waals surface area contributed by atoms with Crippen LogP contribution in [-0.4, -0.2) is 7.11 Å². The van der Waals surface area contributed by atoms with Gasteiger partial charge in [-0.3, -0.25) is 0 Å². The molecule has 20 heavy (non-hydrogen) atoms. The van der Waals surface area contributed by atoms with E-state index in [9.17, 15) is 0 Å². The molecule has 2 nitrogen and oxygen atoms in total. The average Bonchev–Trinajstić information content (AvgIpc) is 2.90. The molecule has 3 rings (SSSR count). The molecule has 0 saturated carbocycles. The number of hydrogen-bond acceptors (Lipinski definition) is 3. The summed E-state index contributed by atoms with van der Waals surface area (Å²) in [4.78, 5) is 0. The second-order valence-corrected chi connectivity index (χ2v) is 5.72. The molecule has 2 N–H and O–H groups in total. The molecule has 0 bridgehead atoms. The molecule has 0 aliphatic heterocycles. The van der Waals surface area contributed by atoms with E-state index >= 15 is 0 Å². The van der Waals surface area contributed by atoms with E-state index in [-0.39, 0.29) is 6.04 Å². The van der Waals surface area contributed by atoms with Crippen LogP contribution in [0.15, 0.2) is 53.9 Å². The lowest BCUT2D eigenvalue weighted by atomic mass is 9.98.